The van der Waals surface area contributed by atoms with Crippen molar-refractivity contribution in [2.24, 2.45) is 0 Å². The van der Waals surface area contributed by atoms with E-state index in [1.165, 1.54) is 24.1 Å². The minimum Gasteiger partial charge on any atom is -0.357 e. The molecular formula is C25H23BrClFN2O2. The fourth-order valence-electron chi connectivity index (χ4n) is 3.46. The van der Waals surface area contributed by atoms with Crippen LogP contribution in [0.1, 0.15) is 16.7 Å². The minimum absolute atomic E-state index is 0.121. The molecule has 7 heteroatoms. The molecule has 166 valence electrons. The number of likely N-dealkylation sites (N-methyl/N-ethyl adjacent to an activating group) is 1. The fourth-order valence-corrected chi connectivity index (χ4v) is 3.96. The van der Waals surface area contributed by atoms with E-state index in [9.17, 15) is 14.0 Å². The van der Waals surface area contributed by atoms with Crippen LogP contribution in [0.25, 0.3) is 0 Å². The molecule has 1 unspecified atom stereocenters. The summed E-state index contributed by atoms with van der Waals surface area (Å²) in [5.74, 6) is -1.22. The summed E-state index contributed by atoms with van der Waals surface area (Å²) in [5, 5.41) is 2.84. The first-order chi connectivity index (χ1) is 15.4. The van der Waals surface area contributed by atoms with Crippen LogP contribution >= 0.6 is 27.5 Å². The van der Waals surface area contributed by atoms with E-state index in [0.29, 0.717) is 6.42 Å². The van der Waals surface area contributed by atoms with Crippen molar-refractivity contribution in [3.8, 4) is 0 Å². The number of nitrogens with one attached hydrogen (secondary N) is 1. The first-order valence-corrected chi connectivity index (χ1v) is 11.3. The Kier molecular flexibility index (Phi) is 8.42. The quantitative estimate of drug-likeness (QED) is 0.448. The summed E-state index contributed by atoms with van der Waals surface area (Å²) in [6, 6.07) is 20.5. The van der Waals surface area contributed by atoms with Crippen LogP contribution in [0.2, 0.25) is 5.02 Å². The maximum atomic E-state index is 14.4. The zero-order valence-corrected chi connectivity index (χ0v) is 19.9. The molecular weight excluding hydrogens is 495 g/mol. The third kappa shape index (κ3) is 6.17. The summed E-state index contributed by atoms with van der Waals surface area (Å²) in [7, 11) is 1.54. The molecule has 0 bridgehead atoms. The second-order valence-corrected chi connectivity index (χ2v) is 8.67. The molecule has 4 nitrogen and oxygen atoms in total. The molecule has 0 aromatic heterocycles. The smallest absolute Gasteiger partial charge is 0.242 e. The van der Waals surface area contributed by atoms with E-state index in [0.717, 1.165) is 15.6 Å². The Labute approximate surface area is 200 Å². The van der Waals surface area contributed by atoms with E-state index in [2.05, 4.69) is 21.2 Å². The van der Waals surface area contributed by atoms with Crippen molar-refractivity contribution in [1.29, 1.82) is 0 Å². The fraction of sp³-hybridized carbons (Fsp3) is 0.200. The van der Waals surface area contributed by atoms with Crippen LogP contribution in [0.5, 0.6) is 0 Å². The topological polar surface area (TPSA) is 49.4 Å². The Morgan fingerprint density at radius 3 is 2.31 bits per heavy atom. The van der Waals surface area contributed by atoms with Gasteiger partial charge in [0.2, 0.25) is 11.8 Å². The first-order valence-electron chi connectivity index (χ1n) is 10.1. The van der Waals surface area contributed by atoms with E-state index in [1.807, 2.05) is 54.6 Å². The van der Waals surface area contributed by atoms with Crippen molar-refractivity contribution in [2.75, 3.05) is 7.05 Å². The molecule has 3 aromatic carbocycles. The molecule has 0 saturated heterocycles. The highest BCUT2D eigenvalue weighted by Crippen LogP contribution is 2.23. The molecule has 0 spiro atoms. The number of carbonyl (C=O) groups excluding carboxylic acids is 2. The maximum Gasteiger partial charge on any atom is 0.242 e. The Morgan fingerprint density at radius 1 is 1.00 bits per heavy atom. The van der Waals surface area contributed by atoms with E-state index in [-0.39, 0.29) is 35.4 Å². The molecule has 1 atom stereocenters. The van der Waals surface area contributed by atoms with Crippen molar-refractivity contribution < 1.29 is 14.0 Å². The van der Waals surface area contributed by atoms with Gasteiger partial charge in [-0.1, -0.05) is 76.1 Å². The number of carbonyl (C=O) groups is 2. The molecule has 3 rings (SSSR count). The number of hydrogen-bond acceptors (Lipinski definition) is 2. The van der Waals surface area contributed by atoms with Gasteiger partial charge in [-0.15, -0.1) is 0 Å². The summed E-state index contributed by atoms with van der Waals surface area (Å²) in [4.78, 5) is 27.8. The number of benzene rings is 3. The van der Waals surface area contributed by atoms with Gasteiger partial charge in [-0.25, -0.2) is 4.39 Å². The zero-order valence-electron chi connectivity index (χ0n) is 17.5. The lowest BCUT2D eigenvalue weighted by Gasteiger charge is -2.31. The minimum atomic E-state index is -0.774. The molecule has 0 radical (unpaired) electrons. The SMILES string of the molecule is CNC(=O)C(Cc1ccccc1)N(Cc1ccc(Br)cc1)C(=O)Cc1c(F)cccc1Cl. The number of hydrogen-bond donors (Lipinski definition) is 1. The Hall–Kier alpha value is -2.70. The van der Waals surface area contributed by atoms with Crippen molar-refractivity contribution in [3.05, 3.63) is 105 Å². The van der Waals surface area contributed by atoms with Crippen molar-refractivity contribution in [3.63, 3.8) is 0 Å². The number of amides is 2. The van der Waals surface area contributed by atoms with Crippen LogP contribution in [0, 0.1) is 5.82 Å². The van der Waals surface area contributed by atoms with E-state index >= 15 is 0 Å². The average molecular weight is 518 g/mol. The maximum absolute atomic E-state index is 14.4. The van der Waals surface area contributed by atoms with Gasteiger partial charge in [0.15, 0.2) is 0 Å². The molecule has 32 heavy (non-hydrogen) atoms. The summed E-state index contributed by atoms with van der Waals surface area (Å²) in [6.45, 7) is 0.198. The molecule has 0 aliphatic rings. The highest BCUT2D eigenvalue weighted by molar-refractivity contribution is 9.10. The monoisotopic (exact) mass is 516 g/mol. The second-order valence-electron chi connectivity index (χ2n) is 7.34. The predicted molar refractivity (Wildman–Crippen MR) is 128 cm³/mol. The van der Waals surface area contributed by atoms with Crippen LogP contribution in [-0.4, -0.2) is 29.8 Å². The number of nitrogens with zero attached hydrogens (tertiary/aromatic N) is 1. The third-order valence-electron chi connectivity index (χ3n) is 5.17. The highest BCUT2D eigenvalue weighted by atomic mass is 79.9. The van der Waals surface area contributed by atoms with Crippen LogP contribution in [0.3, 0.4) is 0 Å². The zero-order chi connectivity index (χ0) is 23.1. The van der Waals surface area contributed by atoms with E-state index in [4.69, 9.17) is 11.6 Å². The van der Waals surface area contributed by atoms with Gasteiger partial charge >= 0.3 is 0 Å². The molecule has 3 aromatic rings. The largest absolute Gasteiger partial charge is 0.357 e. The first kappa shape index (κ1) is 24.0. The average Bonchev–Trinajstić information content (AvgIpc) is 2.80. The molecule has 0 aliphatic carbocycles. The van der Waals surface area contributed by atoms with Gasteiger partial charge in [0, 0.05) is 35.1 Å². The molecule has 2 amide bonds. The molecule has 1 N–H and O–H groups in total. The van der Waals surface area contributed by atoms with Gasteiger partial charge in [-0.3, -0.25) is 9.59 Å². The lowest BCUT2D eigenvalue weighted by Crippen LogP contribution is -2.50. The lowest BCUT2D eigenvalue weighted by molar-refractivity contribution is -0.140. The Morgan fingerprint density at radius 2 is 1.69 bits per heavy atom. The van der Waals surface area contributed by atoms with Crippen LogP contribution in [0.15, 0.2) is 77.3 Å². The molecule has 0 aliphatic heterocycles. The van der Waals surface area contributed by atoms with Gasteiger partial charge in [-0.05, 0) is 35.4 Å². The summed E-state index contributed by atoms with van der Waals surface area (Å²) in [5.41, 5.74) is 1.89. The predicted octanol–water partition coefficient (Wildman–Crippen LogP) is 5.17. The van der Waals surface area contributed by atoms with Gasteiger partial charge < -0.3 is 10.2 Å². The van der Waals surface area contributed by atoms with Gasteiger partial charge in [0.1, 0.15) is 11.9 Å². The van der Waals surface area contributed by atoms with E-state index < -0.39 is 11.9 Å². The number of rotatable bonds is 8. The summed E-state index contributed by atoms with van der Waals surface area (Å²) in [6.07, 6.45) is 0.0815. The van der Waals surface area contributed by atoms with Crippen molar-refractivity contribution in [1.82, 2.24) is 10.2 Å². The Bertz CT molecular complexity index is 1060. The van der Waals surface area contributed by atoms with Crippen LogP contribution < -0.4 is 5.32 Å². The third-order valence-corrected chi connectivity index (χ3v) is 6.06. The summed E-state index contributed by atoms with van der Waals surface area (Å²) >= 11 is 9.57. The van der Waals surface area contributed by atoms with Crippen LogP contribution in [-0.2, 0) is 29.0 Å². The van der Waals surface area contributed by atoms with Crippen LogP contribution in [0.4, 0.5) is 4.39 Å². The van der Waals surface area contributed by atoms with Gasteiger partial charge in [-0.2, -0.15) is 0 Å². The molecule has 0 heterocycles. The van der Waals surface area contributed by atoms with Crippen molar-refractivity contribution >= 4 is 39.3 Å². The molecule has 0 saturated carbocycles. The number of halogens is 3. The van der Waals surface area contributed by atoms with Gasteiger partial charge in [0.25, 0.3) is 0 Å². The second kappa shape index (κ2) is 11.2. The standard InChI is InChI=1S/C25H23BrClFN2O2/c1-29-25(32)23(14-17-6-3-2-4-7-17)30(16-18-10-12-19(26)13-11-18)24(31)15-20-21(27)8-5-9-22(20)28/h2-13,23H,14-16H2,1H3,(H,29,32). The summed E-state index contributed by atoms with van der Waals surface area (Å²) < 4.78 is 15.3. The van der Waals surface area contributed by atoms with Crippen molar-refractivity contribution in [2.45, 2.75) is 25.4 Å². The van der Waals surface area contributed by atoms with Gasteiger partial charge in [0.05, 0.1) is 6.42 Å². The normalized spacial score (nSPS) is 11.6. The van der Waals surface area contributed by atoms with E-state index in [1.54, 1.807) is 6.07 Å². The Balaban J connectivity index is 1.97. The highest BCUT2D eigenvalue weighted by Gasteiger charge is 2.30. The lowest BCUT2D eigenvalue weighted by atomic mass is 10.0. The molecule has 0 fully saturated rings.